The van der Waals surface area contributed by atoms with Crippen LogP contribution in [0.15, 0.2) is 18.2 Å². The van der Waals surface area contributed by atoms with Gasteiger partial charge < -0.3 is 9.47 Å². The summed E-state index contributed by atoms with van der Waals surface area (Å²) >= 11 is 0. The molecule has 18 heavy (non-hydrogen) atoms. The summed E-state index contributed by atoms with van der Waals surface area (Å²) in [6.07, 6.45) is -0.848. The lowest BCUT2D eigenvalue weighted by molar-refractivity contribution is -0.146. The van der Waals surface area contributed by atoms with Gasteiger partial charge in [0.25, 0.3) is 0 Å². The Morgan fingerprint density at radius 3 is 1.72 bits per heavy atom. The summed E-state index contributed by atoms with van der Waals surface area (Å²) in [5, 5.41) is 0. The first kappa shape index (κ1) is 14.2. The van der Waals surface area contributed by atoms with Crippen LogP contribution in [0.25, 0.3) is 0 Å². The lowest BCUT2D eigenvalue weighted by Crippen LogP contribution is -2.10. The molecule has 0 aliphatic heterocycles. The van der Waals surface area contributed by atoms with E-state index in [-0.39, 0.29) is 11.9 Å². The zero-order valence-electron chi connectivity index (χ0n) is 11.0. The van der Waals surface area contributed by atoms with Crippen LogP contribution in [0.4, 0.5) is 0 Å². The van der Waals surface area contributed by atoms with Gasteiger partial charge in [0, 0.05) is 13.8 Å². The number of pyridine rings is 1. The molecule has 0 bridgehead atoms. The zero-order valence-corrected chi connectivity index (χ0v) is 11.0. The molecule has 0 aliphatic carbocycles. The Bertz CT molecular complexity index is 407. The van der Waals surface area contributed by atoms with Gasteiger partial charge in [-0.15, -0.1) is 0 Å². The first-order chi connectivity index (χ1) is 8.40. The minimum absolute atomic E-state index is 0.359. The second-order valence-corrected chi connectivity index (χ2v) is 3.99. The van der Waals surface area contributed by atoms with E-state index in [0.29, 0.717) is 11.4 Å². The lowest BCUT2D eigenvalue weighted by Gasteiger charge is -2.15. The van der Waals surface area contributed by atoms with Gasteiger partial charge in [0.2, 0.25) is 0 Å². The van der Waals surface area contributed by atoms with Crippen LogP contribution in [-0.4, -0.2) is 16.9 Å². The van der Waals surface area contributed by atoms with Crippen LogP contribution in [0.3, 0.4) is 0 Å². The summed E-state index contributed by atoms with van der Waals surface area (Å²) < 4.78 is 10.1. The second kappa shape index (κ2) is 6.14. The summed E-state index contributed by atoms with van der Waals surface area (Å²) in [6.45, 7) is 6.18. The number of esters is 2. The minimum atomic E-state index is -0.424. The molecule has 0 saturated heterocycles. The molecule has 0 fully saturated rings. The third-order valence-electron chi connectivity index (χ3n) is 2.31. The number of nitrogens with zero attached hydrogens (tertiary/aromatic N) is 1. The van der Waals surface area contributed by atoms with Crippen LogP contribution in [-0.2, 0) is 19.1 Å². The van der Waals surface area contributed by atoms with Gasteiger partial charge in [-0.1, -0.05) is 6.07 Å². The molecule has 1 aromatic rings. The van der Waals surface area contributed by atoms with Gasteiger partial charge in [0.05, 0.1) is 11.4 Å². The molecule has 0 saturated carbocycles. The number of hydrogen-bond donors (Lipinski definition) is 0. The molecular formula is C13H17NO4. The predicted octanol–water partition coefficient (Wildman–Crippen LogP) is 2.33. The van der Waals surface area contributed by atoms with E-state index >= 15 is 0 Å². The highest BCUT2D eigenvalue weighted by atomic mass is 16.5. The minimum Gasteiger partial charge on any atom is -0.456 e. The van der Waals surface area contributed by atoms with E-state index in [1.54, 1.807) is 32.0 Å². The predicted molar refractivity (Wildman–Crippen MR) is 64.6 cm³/mol. The fourth-order valence-corrected chi connectivity index (χ4v) is 1.54. The molecular weight excluding hydrogens is 234 g/mol. The van der Waals surface area contributed by atoms with E-state index in [2.05, 4.69) is 4.98 Å². The van der Waals surface area contributed by atoms with Gasteiger partial charge in [-0.25, -0.2) is 0 Å². The number of carbonyl (C=O) groups is 2. The number of rotatable bonds is 4. The molecule has 5 heteroatoms. The van der Waals surface area contributed by atoms with E-state index in [4.69, 9.17) is 9.47 Å². The standard InChI is InChI=1S/C13H17NO4/c1-8(17-10(3)15)12-6-5-7-13(14-12)9(2)18-11(4)16/h5-9H,1-4H3/t8-,9-/m0/s1. The summed E-state index contributed by atoms with van der Waals surface area (Å²) in [5.41, 5.74) is 1.25. The van der Waals surface area contributed by atoms with Crippen LogP contribution in [0.1, 0.15) is 51.3 Å². The molecule has 1 heterocycles. The summed E-state index contributed by atoms with van der Waals surface area (Å²) in [6, 6.07) is 5.31. The van der Waals surface area contributed by atoms with E-state index in [9.17, 15) is 9.59 Å². The number of carbonyl (C=O) groups excluding carboxylic acids is 2. The Kier molecular flexibility index (Phi) is 4.83. The molecule has 0 spiro atoms. The Morgan fingerprint density at radius 2 is 1.39 bits per heavy atom. The highest BCUT2D eigenvalue weighted by molar-refractivity contribution is 5.66. The molecule has 0 amide bonds. The quantitative estimate of drug-likeness (QED) is 0.768. The van der Waals surface area contributed by atoms with Crippen molar-refractivity contribution in [1.29, 1.82) is 0 Å². The van der Waals surface area contributed by atoms with Crippen molar-refractivity contribution in [2.24, 2.45) is 0 Å². The Hall–Kier alpha value is -1.91. The van der Waals surface area contributed by atoms with Gasteiger partial charge in [-0.05, 0) is 26.0 Å². The number of hydrogen-bond acceptors (Lipinski definition) is 5. The van der Waals surface area contributed by atoms with E-state index in [1.165, 1.54) is 13.8 Å². The van der Waals surface area contributed by atoms with Crippen molar-refractivity contribution in [2.45, 2.75) is 39.9 Å². The van der Waals surface area contributed by atoms with Gasteiger partial charge in [0.1, 0.15) is 12.2 Å². The summed E-state index contributed by atoms with van der Waals surface area (Å²) in [5.74, 6) is -0.717. The normalized spacial score (nSPS) is 13.6. The van der Waals surface area contributed by atoms with Crippen LogP contribution in [0.2, 0.25) is 0 Å². The van der Waals surface area contributed by atoms with Crippen molar-refractivity contribution in [2.75, 3.05) is 0 Å². The Balaban J connectivity index is 2.84. The lowest BCUT2D eigenvalue weighted by atomic mass is 10.2. The van der Waals surface area contributed by atoms with Crippen molar-refractivity contribution in [3.63, 3.8) is 0 Å². The molecule has 98 valence electrons. The van der Waals surface area contributed by atoms with Gasteiger partial charge in [-0.3, -0.25) is 14.6 Å². The number of aromatic nitrogens is 1. The van der Waals surface area contributed by atoms with Crippen molar-refractivity contribution in [3.8, 4) is 0 Å². The highest BCUT2D eigenvalue weighted by Crippen LogP contribution is 2.19. The van der Waals surface area contributed by atoms with Crippen LogP contribution < -0.4 is 0 Å². The average molecular weight is 251 g/mol. The Morgan fingerprint density at radius 1 is 1.00 bits per heavy atom. The number of ether oxygens (including phenoxy) is 2. The molecule has 0 unspecified atom stereocenters. The summed E-state index contributed by atoms with van der Waals surface area (Å²) in [4.78, 5) is 26.1. The first-order valence-corrected chi connectivity index (χ1v) is 5.71. The SMILES string of the molecule is CC(=O)O[C@@H](C)c1cccc([C@H](C)OC(C)=O)n1. The molecule has 1 aromatic heterocycles. The molecule has 2 atom stereocenters. The molecule has 0 aliphatic rings. The summed E-state index contributed by atoms with van der Waals surface area (Å²) in [7, 11) is 0. The molecule has 0 aromatic carbocycles. The highest BCUT2D eigenvalue weighted by Gasteiger charge is 2.14. The maximum atomic E-state index is 10.9. The van der Waals surface area contributed by atoms with Crippen molar-refractivity contribution < 1.29 is 19.1 Å². The fourth-order valence-electron chi connectivity index (χ4n) is 1.54. The fraction of sp³-hybridized carbons (Fsp3) is 0.462. The molecule has 0 N–H and O–H groups in total. The maximum Gasteiger partial charge on any atom is 0.303 e. The monoisotopic (exact) mass is 251 g/mol. The molecule has 0 radical (unpaired) electrons. The van der Waals surface area contributed by atoms with E-state index in [1.807, 2.05) is 0 Å². The van der Waals surface area contributed by atoms with Gasteiger partial charge in [-0.2, -0.15) is 0 Å². The van der Waals surface area contributed by atoms with E-state index in [0.717, 1.165) is 0 Å². The molecule has 1 rings (SSSR count). The molecule has 5 nitrogen and oxygen atoms in total. The third kappa shape index (κ3) is 4.16. The third-order valence-corrected chi connectivity index (χ3v) is 2.31. The van der Waals surface area contributed by atoms with Gasteiger partial charge >= 0.3 is 11.9 Å². The van der Waals surface area contributed by atoms with Crippen LogP contribution >= 0.6 is 0 Å². The average Bonchev–Trinajstić information content (AvgIpc) is 2.27. The smallest absolute Gasteiger partial charge is 0.303 e. The second-order valence-electron chi connectivity index (χ2n) is 3.99. The van der Waals surface area contributed by atoms with Crippen LogP contribution in [0.5, 0.6) is 0 Å². The largest absolute Gasteiger partial charge is 0.456 e. The zero-order chi connectivity index (χ0) is 13.7. The van der Waals surface area contributed by atoms with Crippen molar-refractivity contribution in [3.05, 3.63) is 29.6 Å². The Labute approximate surface area is 106 Å². The maximum absolute atomic E-state index is 10.9. The van der Waals surface area contributed by atoms with Gasteiger partial charge in [0.15, 0.2) is 0 Å². The van der Waals surface area contributed by atoms with E-state index < -0.39 is 12.2 Å². The first-order valence-electron chi connectivity index (χ1n) is 5.71. The van der Waals surface area contributed by atoms with Crippen molar-refractivity contribution in [1.82, 2.24) is 4.98 Å². The topological polar surface area (TPSA) is 65.5 Å². The van der Waals surface area contributed by atoms with Crippen LogP contribution in [0, 0.1) is 0 Å². The van der Waals surface area contributed by atoms with Crippen molar-refractivity contribution >= 4 is 11.9 Å².